The van der Waals surface area contributed by atoms with Gasteiger partial charge in [0.2, 0.25) is 17.7 Å². The number of aliphatic hydroxyl groups is 1. The van der Waals surface area contributed by atoms with Crippen molar-refractivity contribution in [2.24, 2.45) is 17.8 Å². The Hall–Kier alpha value is -2.50. The number of likely N-dealkylation sites (tertiary alicyclic amines) is 1. The van der Waals surface area contributed by atoms with Crippen molar-refractivity contribution in [3.8, 4) is 0 Å². The number of β-amino-alcohol motifs (C(OH)–C–C–N with tert-alkyl or cyclic N) is 1. The predicted octanol–water partition coefficient (Wildman–Crippen LogP) is 2.59. The molecule has 4 N–H and O–H groups in total. The van der Waals surface area contributed by atoms with Gasteiger partial charge in [-0.3, -0.25) is 19.3 Å². The molecule has 0 spiro atoms. The Kier molecular flexibility index (Phi) is 11.1. The number of rotatable bonds is 12. The van der Waals surface area contributed by atoms with Gasteiger partial charge in [0.1, 0.15) is 6.04 Å². The van der Waals surface area contributed by atoms with Gasteiger partial charge < -0.3 is 21.1 Å². The smallest absolute Gasteiger partial charge is 0.244 e. The molecule has 1 aliphatic heterocycles. The average Bonchev–Trinajstić information content (AvgIpc) is 3.80. The molecular formula is C34H54N4O6S. The lowest BCUT2D eigenvalue weighted by atomic mass is 9.72. The minimum atomic E-state index is -3.77. The number of piperidine rings is 1. The fraction of sp³-hybridized carbons (Fsp3) is 0.735. The molecule has 2 saturated carbocycles. The van der Waals surface area contributed by atoms with Crippen molar-refractivity contribution >= 4 is 27.6 Å². The molecule has 1 aromatic carbocycles. The lowest BCUT2D eigenvalue weighted by Gasteiger charge is -2.47. The van der Waals surface area contributed by atoms with Crippen LogP contribution in [0, 0.1) is 17.8 Å². The van der Waals surface area contributed by atoms with Crippen molar-refractivity contribution in [3.05, 3.63) is 35.9 Å². The van der Waals surface area contributed by atoms with Crippen LogP contribution in [0.3, 0.4) is 0 Å². The van der Waals surface area contributed by atoms with E-state index in [1.54, 1.807) is 0 Å². The zero-order chi connectivity index (χ0) is 33.2. The summed E-state index contributed by atoms with van der Waals surface area (Å²) in [6, 6.07) is 6.91. The molecular weight excluding hydrogens is 592 g/mol. The Bertz CT molecular complexity index is 1310. The summed E-state index contributed by atoms with van der Waals surface area (Å²) in [6.45, 7) is 9.60. The second kappa shape index (κ2) is 14.1. The van der Waals surface area contributed by atoms with Gasteiger partial charge in [0.25, 0.3) is 0 Å². The molecule has 3 aliphatic rings. The van der Waals surface area contributed by atoms with Crippen LogP contribution in [0.25, 0.3) is 0 Å². The highest BCUT2D eigenvalue weighted by atomic mass is 32.2. The maximum atomic E-state index is 14.0. The van der Waals surface area contributed by atoms with Crippen LogP contribution in [0.4, 0.5) is 0 Å². The van der Waals surface area contributed by atoms with E-state index in [0.717, 1.165) is 37.5 Å². The van der Waals surface area contributed by atoms with E-state index in [0.29, 0.717) is 31.2 Å². The summed E-state index contributed by atoms with van der Waals surface area (Å²) in [7, 11) is -3.77. The van der Waals surface area contributed by atoms with E-state index >= 15 is 0 Å². The SMILES string of the molecule is CC(C)(C)NC(=O)C1C[C@@H]2CCCC[C@@H]2CN1CC(O)C(Cc1ccccc1)NC(=O)[C@@H](NC(=O)C1CC1)C(C)(C)S(C)(=O)=O. The summed E-state index contributed by atoms with van der Waals surface area (Å²) in [5.74, 6) is -0.357. The second-order valence-electron chi connectivity index (χ2n) is 15.2. The Morgan fingerprint density at radius 1 is 0.933 bits per heavy atom. The van der Waals surface area contributed by atoms with Crippen molar-refractivity contribution in [1.29, 1.82) is 0 Å². The van der Waals surface area contributed by atoms with Crippen LogP contribution in [-0.2, 0) is 30.6 Å². The molecule has 1 aromatic rings. The number of hydrogen-bond donors (Lipinski definition) is 4. The van der Waals surface area contributed by atoms with E-state index in [9.17, 15) is 27.9 Å². The molecule has 6 atom stereocenters. The lowest BCUT2D eigenvalue weighted by Crippen LogP contribution is -2.64. The van der Waals surface area contributed by atoms with Crippen molar-refractivity contribution in [3.63, 3.8) is 0 Å². The topological polar surface area (TPSA) is 145 Å². The third-order valence-electron chi connectivity index (χ3n) is 9.96. The van der Waals surface area contributed by atoms with E-state index in [2.05, 4.69) is 20.9 Å². The van der Waals surface area contributed by atoms with Crippen LogP contribution in [0.15, 0.2) is 30.3 Å². The first-order valence-electron chi connectivity index (χ1n) is 16.5. The van der Waals surface area contributed by atoms with Crippen LogP contribution in [0.2, 0.25) is 0 Å². The molecule has 45 heavy (non-hydrogen) atoms. The summed E-state index contributed by atoms with van der Waals surface area (Å²) in [5.41, 5.74) is 0.483. The Labute approximate surface area is 269 Å². The molecule has 0 aromatic heterocycles. The Morgan fingerprint density at radius 2 is 1.56 bits per heavy atom. The quantitative estimate of drug-likeness (QED) is 0.273. The standard InChI is InChI=1S/C34H54N4O6S/c1-33(2,3)37-31(41)27-19-24-14-10-11-15-25(24)20-38(27)21-28(39)26(18-22-12-8-7-9-13-22)35-32(42)29(34(4,5)45(6,43)44)36-30(40)23-16-17-23/h7-9,12-13,23-29,39H,10-11,14-21H2,1-6H3,(H,35,42)(H,36,40)(H,37,41)/t24-,25+,26?,27?,28?,29+/m0/s1. The highest BCUT2D eigenvalue weighted by Gasteiger charge is 2.47. The molecule has 2 aliphatic carbocycles. The van der Waals surface area contributed by atoms with E-state index in [4.69, 9.17) is 0 Å². The molecule has 1 saturated heterocycles. The van der Waals surface area contributed by atoms with Gasteiger partial charge in [-0.1, -0.05) is 49.6 Å². The largest absolute Gasteiger partial charge is 0.390 e. The van der Waals surface area contributed by atoms with Crippen LogP contribution in [-0.4, -0.2) is 90.0 Å². The second-order valence-corrected chi connectivity index (χ2v) is 17.8. The van der Waals surface area contributed by atoms with Gasteiger partial charge in [-0.25, -0.2) is 8.42 Å². The number of benzene rings is 1. The molecule has 1 heterocycles. The predicted molar refractivity (Wildman–Crippen MR) is 175 cm³/mol. The molecule has 10 nitrogen and oxygen atoms in total. The fourth-order valence-electron chi connectivity index (χ4n) is 6.79. The summed E-state index contributed by atoms with van der Waals surface area (Å²) < 4.78 is 24.1. The van der Waals surface area contributed by atoms with Gasteiger partial charge in [-0.2, -0.15) is 0 Å². The maximum absolute atomic E-state index is 14.0. The first kappa shape index (κ1) is 35.4. The number of nitrogens with zero attached hydrogens (tertiary/aromatic N) is 1. The zero-order valence-electron chi connectivity index (χ0n) is 27.8. The van der Waals surface area contributed by atoms with Crippen molar-refractivity contribution in [1.82, 2.24) is 20.9 Å². The van der Waals surface area contributed by atoms with Gasteiger partial charge in [0.05, 0.1) is 22.9 Å². The lowest BCUT2D eigenvalue weighted by molar-refractivity contribution is -0.133. The van der Waals surface area contributed by atoms with E-state index in [1.165, 1.54) is 20.3 Å². The van der Waals surface area contributed by atoms with E-state index in [1.807, 2.05) is 51.1 Å². The summed E-state index contributed by atoms with van der Waals surface area (Å²) in [5, 5.41) is 20.6. The molecule has 252 valence electrons. The van der Waals surface area contributed by atoms with E-state index in [-0.39, 0.29) is 30.7 Å². The number of fused-ring (bicyclic) bond motifs is 1. The number of hydrogen-bond acceptors (Lipinski definition) is 7. The maximum Gasteiger partial charge on any atom is 0.244 e. The number of aliphatic hydroxyl groups excluding tert-OH is 1. The fourth-order valence-corrected chi connectivity index (χ4v) is 7.38. The number of carbonyl (C=O) groups excluding carboxylic acids is 3. The molecule has 3 fully saturated rings. The number of amides is 3. The van der Waals surface area contributed by atoms with Crippen LogP contribution >= 0.6 is 0 Å². The molecule has 3 amide bonds. The normalized spacial score (nSPS) is 24.9. The van der Waals surface area contributed by atoms with Gasteiger partial charge in [0.15, 0.2) is 9.84 Å². The molecule has 0 bridgehead atoms. The summed E-state index contributed by atoms with van der Waals surface area (Å²) >= 11 is 0. The van der Waals surface area contributed by atoms with Gasteiger partial charge in [-0.15, -0.1) is 0 Å². The summed E-state index contributed by atoms with van der Waals surface area (Å²) in [4.78, 5) is 42.4. The zero-order valence-corrected chi connectivity index (χ0v) is 28.7. The Balaban J connectivity index is 1.60. The monoisotopic (exact) mass is 646 g/mol. The van der Waals surface area contributed by atoms with Crippen LogP contribution < -0.4 is 16.0 Å². The Morgan fingerprint density at radius 3 is 2.13 bits per heavy atom. The number of carbonyl (C=O) groups is 3. The van der Waals surface area contributed by atoms with Gasteiger partial charge >= 0.3 is 0 Å². The minimum Gasteiger partial charge on any atom is -0.390 e. The number of nitrogens with one attached hydrogen (secondary N) is 3. The van der Waals surface area contributed by atoms with Crippen LogP contribution in [0.1, 0.15) is 85.1 Å². The first-order valence-corrected chi connectivity index (χ1v) is 18.4. The van der Waals surface area contributed by atoms with Gasteiger partial charge in [0, 0.05) is 30.8 Å². The van der Waals surface area contributed by atoms with Crippen molar-refractivity contribution in [2.45, 2.75) is 121 Å². The highest BCUT2D eigenvalue weighted by Crippen LogP contribution is 2.39. The highest BCUT2D eigenvalue weighted by molar-refractivity contribution is 7.92. The first-order chi connectivity index (χ1) is 21.0. The average molecular weight is 647 g/mol. The molecule has 3 unspecified atom stereocenters. The third kappa shape index (κ3) is 9.29. The van der Waals surface area contributed by atoms with E-state index < -0.39 is 50.3 Å². The van der Waals surface area contributed by atoms with Crippen LogP contribution in [0.5, 0.6) is 0 Å². The number of sulfone groups is 1. The molecule has 4 rings (SSSR count). The van der Waals surface area contributed by atoms with Gasteiger partial charge in [-0.05, 0) is 84.1 Å². The summed E-state index contributed by atoms with van der Waals surface area (Å²) in [6.07, 6.45) is 6.95. The van der Waals surface area contributed by atoms with Crippen molar-refractivity contribution in [2.75, 3.05) is 19.3 Å². The minimum absolute atomic E-state index is 0.0554. The molecule has 0 radical (unpaired) electrons. The third-order valence-corrected chi connectivity index (χ3v) is 12.1. The van der Waals surface area contributed by atoms with Crippen molar-refractivity contribution < 1.29 is 27.9 Å². The molecule has 11 heteroatoms.